The second-order valence-corrected chi connectivity index (χ2v) is 9.96. The van der Waals surface area contributed by atoms with Gasteiger partial charge in [-0.3, -0.25) is 4.79 Å². The minimum atomic E-state index is -0.423. The lowest BCUT2D eigenvalue weighted by Gasteiger charge is -2.17. The molecule has 1 fully saturated rings. The van der Waals surface area contributed by atoms with E-state index in [2.05, 4.69) is 34.5 Å². The Morgan fingerprint density at radius 2 is 1.54 bits per heavy atom. The fourth-order valence-corrected chi connectivity index (χ4v) is 5.76. The summed E-state index contributed by atoms with van der Waals surface area (Å²) in [6, 6.07) is 33.5. The molecule has 0 bridgehead atoms. The van der Waals surface area contributed by atoms with Gasteiger partial charge in [0.2, 0.25) is 12.7 Å². The van der Waals surface area contributed by atoms with E-state index in [1.165, 1.54) is 0 Å². The minimum absolute atomic E-state index is 0.0430. The second kappa shape index (κ2) is 9.13. The van der Waals surface area contributed by atoms with E-state index in [0.717, 1.165) is 27.6 Å². The van der Waals surface area contributed by atoms with Gasteiger partial charge in [-0.2, -0.15) is 0 Å². The number of aromatic nitrogens is 1. The van der Waals surface area contributed by atoms with Crippen LogP contribution in [-0.4, -0.2) is 22.4 Å². The molecule has 1 aliphatic carbocycles. The Balaban J connectivity index is 1.21. The third-order valence-corrected chi connectivity index (χ3v) is 7.78. The SMILES string of the molecule is O=C(N=Nc1c(O)n(Cc2ccc3c(c2)OCO3)c2ccccc12)[C@H]1CC1(c1ccccc1)c1ccccc1. The predicted molar refractivity (Wildman–Crippen MR) is 147 cm³/mol. The highest BCUT2D eigenvalue weighted by Gasteiger charge is 2.60. The van der Waals surface area contributed by atoms with Crippen LogP contribution in [0.5, 0.6) is 17.4 Å². The van der Waals surface area contributed by atoms with Gasteiger partial charge in [-0.25, -0.2) is 0 Å². The lowest BCUT2D eigenvalue weighted by Crippen LogP contribution is -2.16. The van der Waals surface area contributed by atoms with Crippen LogP contribution in [-0.2, 0) is 16.8 Å². The molecule has 1 atom stereocenters. The highest BCUT2D eigenvalue weighted by Crippen LogP contribution is 2.59. The van der Waals surface area contributed by atoms with E-state index in [4.69, 9.17) is 9.47 Å². The van der Waals surface area contributed by atoms with Crippen LogP contribution in [0.1, 0.15) is 23.1 Å². The van der Waals surface area contributed by atoms with Crippen molar-refractivity contribution in [2.24, 2.45) is 16.1 Å². The van der Waals surface area contributed by atoms with Crippen molar-refractivity contribution in [1.82, 2.24) is 4.57 Å². The summed E-state index contributed by atoms with van der Waals surface area (Å²) < 4.78 is 12.7. The third-order valence-electron chi connectivity index (χ3n) is 7.78. The van der Waals surface area contributed by atoms with E-state index in [-0.39, 0.29) is 30.2 Å². The van der Waals surface area contributed by atoms with Gasteiger partial charge in [0.15, 0.2) is 17.2 Å². The van der Waals surface area contributed by atoms with E-state index < -0.39 is 5.41 Å². The molecule has 192 valence electrons. The van der Waals surface area contributed by atoms with Crippen molar-refractivity contribution in [3.05, 3.63) is 120 Å². The smallest absolute Gasteiger partial charge is 0.269 e. The zero-order chi connectivity index (χ0) is 26.4. The molecule has 4 aromatic carbocycles. The van der Waals surface area contributed by atoms with Gasteiger partial charge in [-0.05, 0) is 41.3 Å². The van der Waals surface area contributed by atoms with E-state index in [1.807, 2.05) is 78.9 Å². The van der Waals surface area contributed by atoms with Crippen molar-refractivity contribution in [2.75, 3.05) is 6.79 Å². The Hall–Kier alpha value is -4.91. The molecule has 0 spiro atoms. The molecule has 1 saturated carbocycles. The van der Waals surface area contributed by atoms with Crippen molar-refractivity contribution < 1.29 is 19.4 Å². The van der Waals surface area contributed by atoms with Crippen LogP contribution in [0.25, 0.3) is 10.9 Å². The summed E-state index contributed by atoms with van der Waals surface area (Å²) in [5.41, 5.74) is 3.77. The standard InChI is InChI=1S/C32H25N3O4/c36-30(25-18-32(25,22-9-3-1-4-10-22)23-11-5-2-6-12-23)34-33-29-24-13-7-8-14-26(24)35(31(29)37)19-21-15-16-27-28(17-21)39-20-38-27/h1-17,25,37H,18-20H2/t25-/m1/s1. The molecule has 0 unspecified atom stereocenters. The van der Waals surface area contributed by atoms with Crippen molar-refractivity contribution in [3.8, 4) is 17.4 Å². The molecule has 2 heterocycles. The summed E-state index contributed by atoms with van der Waals surface area (Å²) in [5, 5.41) is 20.4. The number of benzene rings is 4. The summed E-state index contributed by atoms with van der Waals surface area (Å²) >= 11 is 0. The van der Waals surface area contributed by atoms with Crippen LogP contribution in [0.2, 0.25) is 0 Å². The monoisotopic (exact) mass is 515 g/mol. The van der Waals surface area contributed by atoms with Crippen LogP contribution in [0.3, 0.4) is 0 Å². The summed E-state index contributed by atoms with van der Waals surface area (Å²) in [6.45, 7) is 0.589. The van der Waals surface area contributed by atoms with E-state index in [0.29, 0.717) is 24.5 Å². The molecule has 1 amide bonds. The Morgan fingerprint density at radius 1 is 0.872 bits per heavy atom. The summed E-state index contributed by atoms with van der Waals surface area (Å²) in [7, 11) is 0. The van der Waals surface area contributed by atoms with Gasteiger partial charge in [0.05, 0.1) is 18.0 Å². The number of carbonyl (C=O) groups is 1. The number of para-hydroxylation sites is 1. The quantitative estimate of drug-likeness (QED) is 0.254. The van der Waals surface area contributed by atoms with Crippen LogP contribution < -0.4 is 9.47 Å². The molecule has 7 rings (SSSR count). The van der Waals surface area contributed by atoms with Gasteiger partial charge in [0.25, 0.3) is 5.91 Å². The largest absolute Gasteiger partial charge is 0.493 e. The van der Waals surface area contributed by atoms with E-state index in [9.17, 15) is 9.90 Å². The first kappa shape index (κ1) is 23.2. The minimum Gasteiger partial charge on any atom is -0.493 e. The van der Waals surface area contributed by atoms with Gasteiger partial charge < -0.3 is 19.1 Å². The van der Waals surface area contributed by atoms with Crippen molar-refractivity contribution >= 4 is 22.5 Å². The lowest BCUT2D eigenvalue weighted by atomic mass is 9.85. The number of carbonyl (C=O) groups excluding carboxylic acids is 1. The Labute approximate surface area is 225 Å². The van der Waals surface area contributed by atoms with Crippen LogP contribution >= 0.6 is 0 Å². The first-order valence-corrected chi connectivity index (χ1v) is 12.9. The molecule has 1 aliphatic heterocycles. The molecule has 7 heteroatoms. The Bertz CT molecular complexity index is 1690. The molecule has 1 N–H and O–H groups in total. The molecular weight excluding hydrogens is 490 g/mol. The number of rotatable bonds is 6. The number of azo groups is 1. The first-order valence-electron chi connectivity index (χ1n) is 12.9. The highest BCUT2D eigenvalue weighted by molar-refractivity contribution is 5.95. The van der Waals surface area contributed by atoms with Gasteiger partial charge in [-0.15, -0.1) is 10.2 Å². The zero-order valence-corrected chi connectivity index (χ0v) is 21.0. The molecule has 5 aromatic rings. The maximum absolute atomic E-state index is 13.4. The number of nitrogens with zero attached hydrogens (tertiary/aromatic N) is 3. The normalized spacial score (nSPS) is 17.1. The van der Waals surface area contributed by atoms with Crippen LogP contribution in [0.15, 0.2) is 113 Å². The van der Waals surface area contributed by atoms with E-state index >= 15 is 0 Å². The second-order valence-electron chi connectivity index (χ2n) is 9.96. The fraction of sp³-hybridized carbons (Fsp3) is 0.156. The Morgan fingerprint density at radius 3 is 2.28 bits per heavy atom. The predicted octanol–water partition coefficient (Wildman–Crippen LogP) is 6.74. The van der Waals surface area contributed by atoms with Crippen LogP contribution in [0.4, 0.5) is 5.69 Å². The molecule has 39 heavy (non-hydrogen) atoms. The van der Waals surface area contributed by atoms with Crippen molar-refractivity contribution in [1.29, 1.82) is 0 Å². The first-order chi connectivity index (χ1) is 19.1. The highest BCUT2D eigenvalue weighted by atomic mass is 16.7. The van der Waals surface area contributed by atoms with Gasteiger partial charge in [0.1, 0.15) is 0 Å². The number of hydrogen-bond donors (Lipinski definition) is 1. The maximum Gasteiger partial charge on any atom is 0.269 e. The molecule has 1 aromatic heterocycles. The van der Waals surface area contributed by atoms with Crippen LogP contribution in [0, 0.1) is 5.92 Å². The molecule has 0 radical (unpaired) electrons. The van der Waals surface area contributed by atoms with Gasteiger partial charge in [-0.1, -0.05) is 84.9 Å². The van der Waals surface area contributed by atoms with Gasteiger partial charge in [0, 0.05) is 10.8 Å². The Kier molecular flexibility index (Phi) is 5.44. The topological polar surface area (TPSA) is 85.4 Å². The molecule has 0 saturated heterocycles. The summed E-state index contributed by atoms with van der Waals surface area (Å²) in [4.78, 5) is 13.4. The van der Waals surface area contributed by atoms with Gasteiger partial charge >= 0.3 is 0 Å². The number of ether oxygens (including phenoxy) is 2. The molecule has 2 aliphatic rings. The molecule has 7 nitrogen and oxygen atoms in total. The number of fused-ring (bicyclic) bond motifs is 2. The fourth-order valence-electron chi connectivity index (χ4n) is 5.76. The number of hydrogen-bond acceptors (Lipinski definition) is 5. The number of aromatic hydroxyl groups is 1. The average Bonchev–Trinajstić information content (AvgIpc) is 3.49. The summed E-state index contributed by atoms with van der Waals surface area (Å²) in [6.07, 6.45) is 0.663. The lowest BCUT2D eigenvalue weighted by molar-refractivity contribution is -0.119. The maximum atomic E-state index is 13.4. The average molecular weight is 516 g/mol. The number of amides is 1. The van der Waals surface area contributed by atoms with Crippen molar-refractivity contribution in [3.63, 3.8) is 0 Å². The molecular formula is C32H25N3O4. The third kappa shape index (κ3) is 3.85. The van der Waals surface area contributed by atoms with E-state index in [1.54, 1.807) is 4.57 Å². The summed E-state index contributed by atoms with van der Waals surface area (Å²) in [5.74, 6) is 0.720. The van der Waals surface area contributed by atoms with Crippen molar-refractivity contribution in [2.45, 2.75) is 18.4 Å². The zero-order valence-electron chi connectivity index (χ0n) is 21.0.